The number of H-pyrrole nitrogens is 2. The van der Waals surface area contributed by atoms with Gasteiger partial charge in [0.05, 0.1) is 0 Å². The average molecular weight is 1270 g/mol. The molecule has 8 aromatic carbocycles. The summed E-state index contributed by atoms with van der Waals surface area (Å²) in [6.45, 7) is 11.4. The number of nitrogens with zero attached hydrogens (tertiary/aromatic N) is 10. The summed E-state index contributed by atoms with van der Waals surface area (Å²) in [6.07, 6.45) is 7.65. The van der Waals surface area contributed by atoms with Crippen molar-refractivity contribution in [1.29, 1.82) is 0 Å². The number of hydrogen-bond donors (Lipinski definition) is 2. The molecule has 8 bridgehead atoms. The zero-order valence-corrected chi connectivity index (χ0v) is 54.0. The normalized spacial score (nSPS) is 17.2. The molecule has 0 spiro atoms. The summed E-state index contributed by atoms with van der Waals surface area (Å²) >= 11 is 0. The van der Waals surface area contributed by atoms with Crippen LogP contribution in [0.2, 0.25) is 0 Å². The molecule has 0 unspecified atom stereocenters. The number of aromatic amines is 2. The van der Waals surface area contributed by atoms with Crippen molar-refractivity contribution in [3.63, 3.8) is 0 Å². The van der Waals surface area contributed by atoms with Crippen LogP contribution in [0.4, 0.5) is 0 Å². The highest BCUT2D eigenvalue weighted by Gasteiger charge is 2.29. The molecule has 482 valence electrons. The molecular formula is C80H78N12O4. The molecule has 6 aliphatic heterocycles. The number of hydrogen-bond acceptors (Lipinski definition) is 14. The number of fused-ring (bicyclic) bond motifs is 20. The molecule has 6 aliphatic rings. The van der Waals surface area contributed by atoms with Crippen LogP contribution in [0.25, 0.3) is 89.7 Å². The first-order valence-corrected chi connectivity index (χ1v) is 34.5. The minimum atomic E-state index is 0.0611. The molecule has 3 aromatic heterocycles. The van der Waals surface area contributed by atoms with Gasteiger partial charge in [-0.3, -0.25) is 19.6 Å². The molecule has 0 radical (unpaired) electrons. The monoisotopic (exact) mass is 1270 g/mol. The van der Waals surface area contributed by atoms with Gasteiger partial charge in [-0.25, -0.2) is 29.9 Å². The first kappa shape index (κ1) is 59.9. The van der Waals surface area contributed by atoms with Crippen molar-refractivity contribution in [2.24, 2.45) is 0 Å². The molecule has 9 heterocycles. The molecule has 0 aliphatic carbocycles. The van der Waals surface area contributed by atoms with Gasteiger partial charge in [0.25, 0.3) is 0 Å². The second-order valence-corrected chi connectivity index (χ2v) is 26.8. The van der Waals surface area contributed by atoms with Gasteiger partial charge in [0, 0.05) is 122 Å². The van der Waals surface area contributed by atoms with Crippen LogP contribution < -0.4 is 18.9 Å². The summed E-state index contributed by atoms with van der Waals surface area (Å²) in [6, 6.07) is 67.9. The molecule has 11 aromatic rings. The van der Waals surface area contributed by atoms with E-state index in [2.05, 4.69) is 224 Å². The van der Waals surface area contributed by atoms with E-state index in [1.165, 1.54) is 22.3 Å². The highest BCUT2D eigenvalue weighted by atomic mass is 16.5. The van der Waals surface area contributed by atoms with Gasteiger partial charge in [0.15, 0.2) is 23.3 Å². The summed E-state index contributed by atoms with van der Waals surface area (Å²) in [5.41, 5.74) is 11.0. The number of ether oxygens (including phenoxy) is 4. The van der Waals surface area contributed by atoms with Crippen LogP contribution in [0, 0.1) is 0 Å². The van der Waals surface area contributed by atoms with Crippen molar-refractivity contribution >= 4 is 44.1 Å². The van der Waals surface area contributed by atoms with Gasteiger partial charge in [0.1, 0.15) is 70.0 Å². The van der Waals surface area contributed by atoms with E-state index in [4.69, 9.17) is 48.9 Å². The highest BCUT2D eigenvalue weighted by molar-refractivity contribution is 6.07. The van der Waals surface area contributed by atoms with E-state index in [0.717, 1.165) is 197 Å². The fourth-order valence-electron chi connectivity index (χ4n) is 14.9. The van der Waals surface area contributed by atoms with Crippen LogP contribution in [0.5, 0.6) is 23.0 Å². The molecule has 16 nitrogen and oxygen atoms in total. The fourth-order valence-corrected chi connectivity index (χ4v) is 14.9. The van der Waals surface area contributed by atoms with Crippen LogP contribution in [0.3, 0.4) is 0 Å². The number of piperidine rings is 4. The maximum Gasteiger partial charge on any atom is 0.164 e. The van der Waals surface area contributed by atoms with Gasteiger partial charge in [-0.1, -0.05) is 121 Å². The molecule has 17 rings (SSSR count). The molecule has 4 saturated heterocycles. The molecule has 16 heteroatoms. The Balaban J connectivity index is 0.755. The third kappa shape index (κ3) is 13.2. The fraction of sp³-hybridized carbons (Fsp3) is 0.300. The Morgan fingerprint density at radius 2 is 0.531 bits per heavy atom. The Morgan fingerprint density at radius 3 is 0.833 bits per heavy atom. The number of aromatic nitrogens is 8. The maximum absolute atomic E-state index is 6.90. The van der Waals surface area contributed by atoms with Crippen molar-refractivity contribution in [3.8, 4) is 68.5 Å². The van der Waals surface area contributed by atoms with Crippen LogP contribution in [0.15, 0.2) is 194 Å². The first-order chi connectivity index (χ1) is 47.4. The molecule has 0 amide bonds. The standard InChI is InChI=1S/C80H78N12O4/c1-5-13-53(14-6-1)49-89-37-29-57(30-38-89)93-61-21-25-65-69(45-61)77-81-73(65)86-78-71-47-63(95-59-33-41-91(42-34-59)51-55-17-9-3-10-18-55)23-27-67(71)75(83-78)88-80-72-48-64(96-60-35-43-92(44-36-60)52-56-19-11-4-12-20-56)24-28-68(72)76(84-80)87-79-70-46-62(22-26-66(70)74(82-79)85-77)94-58-31-39-90(40-32-58)50-54-15-7-2-8-16-54/h1-28,45-48,57-60H,29-44,49-52H2,(H2,81,82,83,84,85,86,87,88). The Hall–Kier alpha value is -9.84. The van der Waals surface area contributed by atoms with Crippen molar-refractivity contribution in [2.45, 2.75) is 102 Å². The number of rotatable bonds is 16. The minimum absolute atomic E-state index is 0.0611. The lowest BCUT2D eigenvalue weighted by Crippen LogP contribution is -2.37. The van der Waals surface area contributed by atoms with Gasteiger partial charge in [0.2, 0.25) is 0 Å². The maximum atomic E-state index is 6.90. The van der Waals surface area contributed by atoms with Gasteiger partial charge in [-0.05, 0) is 146 Å². The van der Waals surface area contributed by atoms with E-state index in [0.29, 0.717) is 45.9 Å². The van der Waals surface area contributed by atoms with Crippen LogP contribution in [0.1, 0.15) is 73.6 Å². The summed E-state index contributed by atoms with van der Waals surface area (Å²) in [4.78, 5) is 50.2. The summed E-state index contributed by atoms with van der Waals surface area (Å²) in [5, 5.41) is 3.44. The molecular weight excluding hydrogens is 1190 g/mol. The quantitative estimate of drug-likeness (QED) is 0.0941. The molecule has 4 fully saturated rings. The van der Waals surface area contributed by atoms with E-state index in [1.54, 1.807) is 0 Å². The third-order valence-corrected chi connectivity index (χ3v) is 20.1. The summed E-state index contributed by atoms with van der Waals surface area (Å²) in [7, 11) is 0. The minimum Gasteiger partial charge on any atom is -0.490 e. The van der Waals surface area contributed by atoms with Crippen LogP contribution in [-0.4, -0.2) is 136 Å². The highest BCUT2D eigenvalue weighted by Crippen LogP contribution is 2.42. The largest absolute Gasteiger partial charge is 0.490 e. The van der Waals surface area contributed by atoms with Crippen molar-refractivity contribution < 1.29 is 18.9 Å². The smallest absolute Gasteiger partial charge is 0.164 e. The summed E-state index contributed by atoms with van der Waals surface area (Å²) < 4.78 is 27.6. The first-order valence-electron chi connectivity index (χ1n) is 34.5. The van der Waals surface area contributed by atoms with Crippen LogP contribution in [-0.2, 0) is 26.2 Å². The van der Waals surface area contributed by atoms with E-state index < -0.39 is 0 Å². The van der Waals surface area contributed by atoms with E-state index in [1.807, 2.05) is 0 Å². The molecule has 0 atom stereocenters. The van der Waals surface area contributed by atoms with E-state index >= 15 is 0 Å². The molecule has 2 N–H and O–H groups in total. The third-order valence-electron chi connectivity index (χ3n) is 20.1. The van der Waals surface area contributed by atoms with E-state index in [9.17, 15) is 0 Å². The zero-order valence-electron chi connectivity index (χ0n) is 54.0. The van der Waals surface area contributed by atoms with Crippen LogP contribution >= 0.6 is 0 Å². The Bertz CT molecular complexity index is 4450. The SMILES string of the molecule is c1ccc(CN2CCC(Oc3ccc4c(c3)-c3nc-4nc4[nH]c(nc5nc(nc6[nH]c(n3)c3ccc(OC7CCN(Cc8ccccc8)CC7)cc63)-c3ccc(OC6CCN(Cc7ccccc7)CC6)cc3-5)c3ccc(OC5CCN(Cc6ccccc6)CC5)cc43)CC2)cc1. The van der Waals surface area contributed by atoms with Gasteiger partial charge in [-0.15, -0.1) is 0 Å². The van der Waals surface area contributed by atoms with Gasteiger partial charge >= 0.3 is 0 Å². The van der Waals surface area contributed by atoms with E-state index in [-0.39, 0.29) is 24.4 Å². The average Bonchev–Trinajstić information content (AvgIpc) is 1.61. The number of likely N-dealkylation sites (tertiary alicyclic amines) is 4. The lowest BCUT2D eigenvalue weighted by molar-refractivity contribution is 0.0967. The Labute approximate surface area is 559 Å². The molecule has 0 saturated carbocycles. The Morgan fingerprint density at radius 1 is 0.271 bits per heavy atom. The Kier molecular flexibility index (Phi) is 16.7. The van der Waals surface area contributed by atoms with Crippen molar-refractivity contribution in [2.75, 3.05) is 52.4 Å². The second kappa shape index (κ2) is 26.8. The lowest BCUT2D eigenvalue weighted by atomic mass is 10.1. The lowest BCUT2D eigenvalue weighted by Gasteiger charge is -2.32. The predicted octanol–water partition coefficient (Wildman–Crippen LogP) is 15.0. The van der Waals surface area contributed by atoms with Crippen molar-refractivity contribution in [3.05, 3.63) is 216 Å². The summed E-state index contributed by atoms with van der Waals surface area (Å²) in [5.74, 6) is 5.14. The van der Waals surface area contributed by atoms with Gasteiger partial charge < -0.3 is 28.9 Å². The number of nitrogens with one attached hydrogen (secondary N) is 2. The molecule has 96 heavy (non-hydrogen) atoms. The topological polar surface area (TPSA) is 159 Å². The number of benzene rings is 8. The van der Waals surface area contributed by atoms with Crippen molar-refractivity contribution in [1.82, 2.24) is 59.5 Å². The van der Waals surface area contributed by atoms with Gasteiger partial charge in [-0.2, -0.15) is 0 Å². The predicted molar refractivity (Wildman–Crippen MR) is 378 cm³/mol. The zero-order chi connectivity index (χ0) is 63.7. The second-order valence-electron chi connectivity index (χ2n) is 26.8.